The average Bonchev–Trinajstić information content (AvgIpc) is 2.51. The summed E-state index contributed by atoms with van der Waals surface area (Å²) in [4.78, 5) is 5.59. The Balaban J connectivity index is 1.82. The van der Waals surface area contributed by atoms with Crippen molar-refractivity contribution < 1.29 is 13.5 Å². The highest BCUT2D eigenvalue weighted by molar-refractivity contribution is 7.89. The minimum Gasteiger partial charge on any atom is -0.381 e. The molecule has 1 aliphatic heterocycles. The number of nitrogens with zero attached hydrogens (tertiary/aromatic N) is 2. The third kappa shape index (κ3) is 3.02. The van der Waals surface area contributed by atoms with Gasteiger partial charge in [0.2, 0.25) is 10.0 Å². The Morgan fingerprint density at radius 3 is 2.38 bits per heavy atom. The van der Waals surface area contributed by atoms with Gasteiger partial charge in [-0.2, -0.15) is 0 Å². The SMILES string of the molecule is CC(C)c1ccc(C2(O)CN(c3ccncc3S(N)(=O)=O)C2)cc1. The number of β-amino-alcohol motifs (C(OH)–C–C–N with tert-alkyl or cyclic N) is 1. The number of nitrogens with two attached hydrogens (primary N) is 1. The molecule has 0 amide bonds. The maximum Gasteiger partial charge on any atom is 0.241 e. The van der Waals surface area contributed by atoms with Crippen LogP contribution in [0.1, 0.15) is 30.9 Å². The number of rotatable bonds is 4. The average molecular weight is 347 g/mol. The molecule has 3 N–H and O–H groups in total. The summed E-state index contributed by atoms with van der Waals surface area (Å²) in [5.74, 6) is 0.431. The van der Waals surface area contributed by atoms with E-state index in [1.807, 2.05) is 24.3 Å². The minimum absolute atomic E-state index is 0.0257. The number of pyridine rings is 1. The lowest BCUT2D eigenvalue weighted by Crippen LogP contribution is -2.60. The van der Waals surface area contributed by atoms with Gasteiger partial charge in [-0.25, -0.2) is 13.6 Å². The molecule has 0 bridgehead atoms. The Bertz CT molecular complexity index is 842. The number of hydrogen-bond donors (Lipinski definition) is 2. The molecule has 1 aromatic carbocycles. The van der Waals surface area contributed by atoms with Gasteiger partial charge in [0.05, 0.1) is 18.8 Å². The van der Waals surface area contributed by atoms with Crippen LogP contribution in [0.15, 0.2) is 47.6 Å². The number of aromatic nitrogens is 1. The van der Waals surface area contributed by atoms with E-state index < -0.39 is 15.6 Å². The lowest BCUT2D eigenvalue weighted by Gasteiger charge is -2.48. The summed E-state index contributed by atoms with van der Waals surface area (Å²) in [6, 6.07) is 9.49. The summed E-state index contributed by atoms with van der Waals surface area (Å²) in [6.07, 6.45) is 2.75. The first-order chi connectivity index (χ1) is 11.2. The number of aliphatic hydroxyl groups is 1. The van der Waals surface area contributed by atoms with E-state index in [0.29, 0.717) is 24.7 Å². The molecule has 128 valence electrons. The summed E-state index contributed by atoms with van der Waals surface area (Å²) < 4.78 is 23.4. The number of primary sulfonamides is 1. The molecule has 0 spiro atoms. The van der Waals surface area contributed by atoms with Gasteiger partial charge < -0.3 is 10.0 Å². The van der Waals surface area contributed by atoms with Crippen LogP contribution in [0.4, 0.5) is 5.69 Å². The third-order valence-corrected chi connectivity index (χ3v) is 5.36. The molecule has 0 aliphatic carbocycles. The molecule has 2 aromatic rings. The highest BCUT2D eigenvalue weighted by atomic mass is 32.2. The molecule has 24 heavy (non-hydrogen) atoms. The Labute approximate surface area is 142 Å². The predicted molar refractivity (Wildman–Crippen MR) is 92.3 cm³/mol. The van der Waals surface area contributed by atoms with E-state index in [1.54, 1.807) is 11.0 Å². The van der Waals surface area contributed by atoms with Crippen LogP contribution in [-0.4, -0.2) is 31.6 Å². The second-order valence-electron chi connectivity index (χ2n) is 6.55. The first-order valence-electron chi connectivity index (χ1n) is 7.75. The normalized spacial score (nSPS) is 17.0. The lowest BCUT2D eigenvalue weighted by atomic mass is 9.84. The molecule has 6 nitrogen and oxygen atoms in total. The van der Waals surface area contributed by atoms with E-state index in [1.165, 1.54) is 18.0 Å². The lowest BCUT2D eigenvalue weighted by molar-refractivity contribution is 0.00720. The molecule has 1 aliphatic rings. The highest BCUT2D eigenvalue weighted by Gasteiger charge is 2.44. The van der Waals surface area contributed by atoms with Crippen LogP contribution in [0.3, 0.4) is 0 Å². The van der Waals surface area contributed by atoms with Crippen molar-refractivity contribution in [2.45, 2.75) is 30.3 Å². The van der Waals surface area contributed by atoms with Crippen molar-refractivity contribution in [2.75, 3.05) is 18.0 Å². The maximum absolute atomic E-state index is 11.7. The molecular weight excluding hydrogens is 326 g/mol. The zero-order chi connectivity index (χ0) is 17.5. The first kappa shape index (κ1) is 16.9. The fourth-order valence-corrected chi connectivity index (χ4v) is 3.67. The second-order valence-corrected chi connectivity index (χ2v) is 8.08. The molecule has 2 heterocycles. The van der Waals surface area contributed by atoms with E-state index in [4.69, 9.17) is 5.14 Å². The van der Waals surface area contributed by atoms with Gasteiger partial charge in [-0.1, -0.05) is 38.1 Å². The van der Waals surface area contributed by atoms with Crippen molar-refractivity contribution in [2.24, 2.45) is 5.14 Å². The molecule has 7 heteroatoms. The fraction of sp³-hybridized carbons (Fsp3) is 0.353. The number of sulfonamides is 1. The number of hydrogen-bond acceptors (Lipinski definition) is 5. The smallest absolute Gasteiger partial charge is 0.241 e. The largest absolute Gasteiger partial charge is 0.381 e. The second kappa shape index (κ2) is 5.84. The van der Waals surface area contributed by atoms with Crippen LogP contribution < -0.4 is 10.0 Å². The standard InChI is InChI=1S/C17H21N3O3S/c1-12(2)13-3-5-14(6-4-13)17(21)10-20(11-17)15-7-8-19-9-16(15)24(18,22)23/h3-9,12,21H,10-11H2,1-2H3,(H2,18,22,23). The molecule has 1 fully saturated rings. The van der Waals surface area contributed by atoms with Crippen LogP contribution in [-0.2, 0) is 15.6 Å². The quantitative estimate of drug-likeness (QED) is 0.875. The van der Waals surface area contributed by atoms with Gasteiger partial charge in [-0.15, -0.1) is 0 Å². The highest BCUT2D eigenvalue weighted by Crippen LogP contribution is 2.37. The summed E-state index contributed by atoms with van der Waals surface area (Å²) in [5, 5.41) is 16.0. The van der Waals surface area contributed by atoms with Crippen molar-refractivity contribution in [3.8, 4) is 0 Å². The van der Waals surface area contributed by atoms with Gasteiger partial charge >= 0.3 is 0 Å². The molecular formula is C17H21N3O3S. The van der Waals surface area contributed by atoms with Crippen LogP contribution in [0.5, 0.6) is 0 Å². The van der Waals surface area contributed by atoms with Crippen molar-refractivity contribution in [1.82, 2.24) is 4.98 Å². The molecule has 0 unspecified atom stereocenters. The van der Waals surface area contributed by atoms with Crippen molar-refractivity contribution >= 4 is 15.7 Å². The Hall–Kier alpha value is -1.96. The van der Waals surface area contributed by atoms with Crippen molar-refractivity contribution in [3.05, 3.63) is 53.9 Å². The molecule has 0 saturated carbocycles. The number of anilines is 1. The Kier molecular flexibility index (Phi) is 4.11. The van der Waals surface area contributed by atoms with Gasteiger partial charge in [0, 0.05) is 12.4 Å². The fourth-order valence-electron chi connectivity index (χ4n) is 2.97. The van der Waals surface area contributed by atoms with Gasteiger partial charge in [-0.05, 0) is 23.1 Å². The van der Waals surface area contributed by atoms with Crippen molar-refractivity contribution in [1.29, 1.82) is 0 Å². The number of benzene rings is 1. The summed E-state index contributed by atoms with van der Waals surface area (Å²) in [6.45, 7) is 4.85. The van der Waals surface area contributed by atoms with E-state index in [0.717, 1.165) is 5.56 Å². The molecule has 1 aromatic heterocycles. The van der Waals surface area contributed by atoms with Gasteiger partial charge in [0.25, 0.3) is 0 Å². The molecule has 0 radical (unpaired) electrons. The Morgan fingerprint density at radius 2 is 1.83 bits per heavy atom. The zero-order valence-electron chi connectivity index (χ0n) is 13.7. The Morgan fingerprint density at radius 1 is 1.21 bits per heavy atom. The topological polar surface area (TPSA) is 96.5 Å². The molecule has 0 atom stereocenters. The van der Waals surface area contributed by atoms with Crippen LogP contribution in [0, 0.1) is 0 Å². The van der Waals surface area contributed by atoms with E-state index in [2.05, 4.69) is 18.8 Å². The first-order valence-corrected chi connectivity index (χ1v) is 9.30. The van der Waals surface area contributed by atoms with E-state index in [9.17, 15) is 13.5 Å². The third-order valence-electron chi connectivity index (χ3n) is 4.43. The molecule has 1 saturated heterocycles. The molecule has 3 rings (SSSR count). The summed E-state index contributed by atoms with van der Waals surface area (Å²) in [5.41, 5.74) is 1.52. The maximum atomic E-state index is 11.7. The van der Waals surface area contributed by atoms with E-state index >= 15 is 0 Å². The zero-order valence-corrected chi connectivity index (χ0v) is 14.5. The van der Waals surface area contributed by atoms with Crippen molar-refractivity contribution in [3.63, 3.8) is 0 Å². The van der Waals surface area contributed by atoms with E-state index in [-0.39, 0.29) is 4.90 Å². The summed E-state index contributed by atoms with van der Waals surface area (Å²) in [7, 11) is -3.86. The van der Waals surface area contributed by atoms with Crippen LogP contribution in [0.2, 0.25) is 0 Å². The van der Waals surface area contributed by atoms with Crippen LogP contribution in [0.25, 0.3) is 0 Å². The van der Waals surface area contributed by atoms with Gasteiger partial charge in [-0.3, -0.25) is 4.98 Å². The van der Waals surface area contributed by atoms with Crippen LogP contribution >= 0.6 is 0 Å². The minimum atomic E-state index is -3.86. The predicted octanol–water partition coefficient (Wildman–Crippen LogP) is 1.56. The monoisotopic (exact) mass is 347 g/mol. The van der Waals surface area contributed by atoms with Gasteiger partial charge in [0.15, 0.2) is 0 Å². The summed E-state index contributed by atoms with van der Waals surface area (Å²) >= 11 is 0. The van der Waals surface area contributed by atoms with Gasteiger partial charge in [0.1, 0.15) is 10.5 Å².